The summed E-state index contributed by atoms with van der Waals surface area (Å²) in [5.41, 5.74) is 7.68. The topological polar surface area (TPSA) is 66.3 Å². The highest BCUT2D eigenvalue weighted by Gasteiger charge is 2.10. The lowest BCUT2D eigenvalue weighted by atomic mass is 10.1. The lowest BCUT2D eigenvalue weighted by Crippen LogP contribution is -2.17. The number of carbonyl (C=O) groups excluding carboxylic acids is 1. The summed E-state index contributed by atoms with van der Waals surface area (Å²) in [7, 11) is 2.12. The zero-order valence-corrected chi connectivity index (χ0v) is 15.7. The van der Waals surface area contributed by atoms with Crippen molar-refractivity contribution in [1.82, 2.24) is 15.4 Å². The molecule has 140 valence electrons. The van der Waals surface area contributed by atoms with Gasteiger partial charge >= 0.3 is 0 Å². The minimum Gasteiger partial charge on any atom is -0.348 e. The van der Waals surface area contributed by atoms with Crippen LogP contribution in [0.1, 0.15) is 22.4 Å². The van der Waals surface area contributed by atoms with Crippen molar-refractivity contribution in [3.8, 4) is 0 Å². The van der Waals surface area contributed by atoms with Crippen LogP contribution in [0.2, 0.25) is 0 Å². The van der Waals surface area contributed by atoms with E-state index >= 15 is 0 Å². The number of amides is 1. The van der Waals surface area contributed by atoms with E-state index in [1.807, 2.05) is 24.3 Å². The fourth-order valence-corrected chi connectivity index (χ4v) is 3.32. The number of carbonyl (C=O) groups is 1. The van der Waals surface area contributed by atoms with Gasteiger partial charge in [0.1, 0.15) is 0 Å². The van der Waals surface area contributed by atoms with Crippen molar-refractivity contribution >= 4 is 22.9 Å². The first-order valence-electron chi connectivity index (χ1n) is 9.05. The maximum atomic E-state index is 11.0. The Balaban J connectivity index is 1.54. The number of para-hydroxylation sites is 1. The maximum Gasteiger partial charge on any atom is 0.267 e. The Kier molecular flexibility index (Phi) is 6.06. The van der Waals surface area contributed by atoms with Gasteiger partial charge in [0.15, 0.2) is 0 Å². The van der Waals surface area contributed by atoms with Gasteiger partial charge in [-0.15, -0.1) is 0 Å². The summed E-state index contributed by atoms with van der Waals surface area (Å²) in [4.78, 5) is 11.0. The first-order valence-corrected chi connectivity index (χ1v) is 9.05. The number of rotatable bonds is 7. The van der Waals surface area contributed by atoms with Crippen molar-refractivity contribution in [3.63, 3.8) is 0 Å². The van der Waals surface area contributed by atoms with Gasteiger partial charge in [-0.3, -0.25) is 10.0 Å². The molecule has 1 aromatic heterocycles. The molecule has 0 aliphatic carbocycles. The maximum absolute atomic E-state index is 11.0. The molecule has 3 N–H and O–H groups in total. The third kappa shape index (κ3) is 4.45. The summed E-state index contributed by atoms with van der Waals surface area (Å²) in [6.07, 6.45) is 3.94. The molecule has 0 aliphatic heterocycles. The number of nitrogens with one attached hydrogen (secondary N) is 2. The van der Waals surface area contributed by atoms with Crippen molar-refractivity contribution < 1.29 is 10.0 Å². The molecular formula is C22H25N3O2. The molecular weight excluding hydrogens is 338 g/mol. The highest BCUT2D eigenvalue weighted by molar-refractivity contribution is 5.90. The number of hydrogen-bond donors (Lipinski definition) is 3. The number of nitrogens with zero attached hydrogens (tertiary/aromatic N) is 1. The van der Waals surface area contributed by atoms with E-state index in [0.29, 0.717) is 0 Å². The van der Waals surface area contributed by atoms with Crippen molar-refractivity contribution in [2.75, 3.05) is 6.54 Å². The molecule has 5 nitrogen and oxygen atoms in total. The molecule has 3 aromatic rings. The van der Waals surface area contributed by atoms with E-state index in [2.05, 4.69) is 48.1 Å². The molecule has 1 amide bonds. The van der Waals surface area contributed by atoms with Gasteiger partial charge in [-0.25, -0.2) is 5.48 Å². The van der Waals surface area contributed by atoms with Gasteiger partial charge in [-0.1, -0.05) is 42.5 Å². The van der Waals surface area contributed by atoms with Crippen molar-refractivity contribution in [2.45, 2.75) is 19.9 Å². The van der Waals surface area contributed by atoms with E-state index in [0.717, 1.165) is 25.1 Å². The standard InChI is InChI=1S/C22H25N3O2/c1-16-19(20-5-3-4-6-21(20)25(16)2)13-14-23-15-18-9-7-17(8-10-18)11-12-22(26)24-27/h3-12,23,27H,13-15H2,1-2H3,(H,24,26)/b12-11+. The fraction of sp³-hybridized carbons (Fsp3) is 0.227. The largest absolute Gasteiger partial charge is 0.348 e. The van der Waals surface area contributed by atoms with Crippen LogP contribution in [-0.2, 0) is 24.8 Å². The summed E-state index contributed by atoms with van der Waals surface area (Å²) in [6.45, 7) is 3.89. The van der Waals surface area contributed by atoms with Crippen LogP contribution in [-0.4, -0.2) is 22.2 Å². The normalized spacial score (nSPS) is 11.4. The first-order chi connectivity index (χ1) is 13.1. The quantitative estimate of drug-likeness (QED) is 0.261. The van der Waals surface area contributed by atoms with Gasteiger partial charge in [0.05, 0.1) is 0 Å². The molecule has 5 heteroatoms. The van der Waals surface area contributed by atoms with Gasteiger partial charge in [0.25, 0.3) is 5.91 Å². The third-order valence-electron chi connectivity index (χ3n) is 4.93. The molecule has 2 aromatic carbocycles. The molecule has 1 heterocycles. The Bertz CT molecular complexity index is 956. The molecule has 0 radical (unpaired) electrons. The monoisotopic (exact) mass is 363 g/mol. The highest BCUT2D eigenvalue weighted by Crippen LogP contribution is 2.24. The number of aromatic nitrogens is 1. The van der Waals surface area contributed by atoms with E-state index in [9.17, 15) is 4.79 Å². The first kappa shape index (κ1) is 18.9. The van der Waals surface area contributed by atoms with Crippen LogP contribution in [0.4, 0.5) is 0 Å². The summed E-state index contributed by atoms with van der Waals surface area (Å²) in [6, 6.07) is 16.5. The minimum absolute atomic E-state index is 0.538. The Labute approximate surface area is 159 Å². The van der Waals surface area contributed by atoms with E-state index < -0.39 is 5.91 Å². The smallest absolute Gasteiger partial charge is 0.267 e. The highest BCUT2D eigenvalue weighted by atomic mass is 16.5. The van der Waals surface area contributed by atoms with Gasteiger partial charge in [0.2, 0.25) is 0 Å². The molecule has 0 saturated carbocycles. The van der Waals surface area contributed by atoms with Crippen LogP contribution in [0.5, 0.6) is 0 Å². The molecule has 27 heavy (non-hydrogen) atoms. The van der Waals surface area contributed by atoms with Crippen LogP contribution < -0.4 is 10.8 Å². The van der Waals surface area contributed by atoms with Crippen LogP contribution >= 0.6 is 0 Å². The predicted molar refractivity (Wildman–Crippen MR) is 108 cm³/mol. The van der Waals surface area contributed by atoms with E-state index in [1.54, 1.807) is 11.6 Å². The SMILES string of the molecule is Cc1c(CCNCc2ccc(/C=C/C(=O)NO)cc2)c2ccccc2n1C. The van der Waals surface area contributed by atoms with Crippen LogP contribution in [0, 0.1) is 6.92 Å². The number of hydrogen-bond acceptors (Lipinski definition) is 3. The zero-order valence-electron chi connectivity index (χ0n) is 15.7. The predicted octanol–water partition coefficient (Wildman–Crippen LogP) is 3.34. The van der Waals surface area contributed by atoms with Crippen LogP contribution in [0.25, 0.3) is 17.0 Å². The number of hydroxylamine groups is 1. The van der Waals surface area contributed by atoms with Crippen molar-refractivity contribution in [3.05, 3.63) is 77.0 Å². The molecule has 0 unspecified atom stereocenters. The zero-order chi connectivity index (χ0) is 19.2. The van der Waals surface area contributed by atoms with Crippen molar-refractivity contribution in [1.29, 1.82) is 0 Å². The van der Waals surface area contributed by atoms with Crippen molar-refractivity contribution in [2.24, 2.45) is 7.05 Å². The Morgan fingerprint density at radius 2 is 1.89 bits per heavy atom. The summed E-state index contributed by atoms with van der Waals surface area (Å²) in [5.74, 6) is -0.538. The average Bonchev–Trinajstić information content (AvgIpc) is 2.95. The second kappa shape index (κ2) is 8.66. The number of benzene rings is 2. The second-order valence-electron chi connectivity index (χ2n) is 6.62. The minimum atomic E-state index is -0.538. The van der Waals surface area contributed by atoms with Crippen LogP contribution in [0.15, 0.2) is 54.6 Å². The second-order valence-corrected chi connectivity index (χ2v) is 6.62. The molecule has 0 spiro atoms. The lowest BCUT2D eigenvalue weighted by molar-refractivity contribution is -0.124. The van der Waals surface area contributed by atoms with Crippen LogP contribution in [0.3, 0.4) is 0 Å². The van der Waals surface area contributed by atoms with Gasteiger partial charge in [-0.2, -0.15) is 0 Å². The molecule has 0 bridgehead atoms. The summed E-state index contributed by atoms with van der Waals surface area (Å²) in [5, 5.41) is 13.3. The lowest BCUT2D eigenvalue weighted by Gasteiger charge is -2.06. The number of aryl methyl sites for hydroxylation is 1. The average molecular weight is 363 g/mol. The van der Waals surface area contributed by atoms with Gasteiger partial charge < -0.3 is 9.88 Å². The summed E-state index contributed by atoms with van der Waals surface area (Å²) >= 11 is 0. The fourth-order valence-electron chi connectivity index (χ4n) is 3.32. The van der Waals surface area contributed by atoms with Gasteiger partial charge in [0, 0.05) is 36.3 Å². The Hall–Kier alpha value is -2.89. The Morgan fingerprint density at radius 3 is 2.63 bits per heavy atom. The molecule has 3 rings (SSSR count). The van der Waals surface area contributed by atoms with E-state index in [4.69, 9.17) is 5.21 Å². The molecule has 0 saturated heterocycles. The van der Waals surface area contributed by atoms with Gasteiger partial charge in [-0.05, 0) is 48.7 Å². The third-order valence-corrected chi connectivity index (χ3v) is 4.93. The van der Waals surface area contributed by atoms with E-state index in [-0.39, 0.29) is 0 Å². The molecule has 0 atom stereocenters. The number of fused-ring (bicyclic) bond motifs is 1. The Morgan fingerprint density at radius 1 is 1.15 bits per heavy atom. The van der Waals surface area contributed by atoms with E-state index in [1.165, 1.54) is 33.8 Å². The molecule has 0 aliphatic rings. The molecule has 0 fully saturated rings. The summed E-state index contributed by atoms with van der Waals surface area (Å²) < 4.78 is 2.26.